The lowest BCUT2D eigenvalue weighted by Crippen LogP contribution is -2.39. The molecule has 1 aliphatic heterocycles. The van der Waals surface area contributed by atoms with Crippen LogP contribution in [0.15, 0.2) is 59.6 Å². The van der Waals surface area contributed by atoms with E-state index in [0.29, 0.717) is 18.2 Å². The van der Waals surface area contributed by atoms with Crippen LogP contribution in [0.5, 0.6) is 5.88 Å². The molecular weight excluding hydrogens is 434 g/mol. The Kier molecular flexibility index (Phi) is 7.46. The zero-order valence-electron chi connectivity index (χ0n) is 18.9. The van der Waals surface area contributed by atoms with Crippen molar-refractivity contribution in [2.45, 2.75) is 18.9 Å². The molecule has 0 aliphatic carbocycles. The normalized spacial score (nSPS) is 14.0. The van der Waals surface area contributed by atoms with Gasteiger partial charge in [0.25, 0.3) is 0 Å². The molecule has 0 unspecified atom stereocenters. The van der Waals surface area contributed by atoms with Crippen LogP contribution in [0.3, 0.4) is 0 Å². The van der Waals surface area contributed by atoms with Crippen LogP contribution in [0.25, 0.3) is 11.3 Å². The summed E-state index contributed by atoms with van der Waals surface area (Å²) in [6, 6.07) is 16.6. The van der Waals surface area contributed by atoms with Crippen molar-refractivity contribution in [1.82, 2.24) is 9.97 Å². The van der Waals surface area contributed by atoms with Gasteiger partial charge in [-0.05, 0) is 42.2 Å². The molecule has 1 aromatic carbocycles. The summed E-state index contributed by atoms with van der Waals surface area (Å²) < 4.78 is 5.37. The summed E-state index contributed by atoms with van der Waals surface area (Å²) in [5.41, 5.74) is 3.72. The van der Waals surface area contributed by atoms with Gasteiger partial charge in [0.1, 0.15) is 24.3 Å². The van der Waals surface area contributed by atoms with E-state index in [1.54, 1.807) is 36.4 Å². The number of amides is 2. The average molecular weight is 462 g/mol. The highest BCUT2D eigenvalue weighted by molar-refractivity contribution is 6.01. The summed E-state index contributed by atoms with van der Waals surface area (Å²) in [4.78, 5) is 27.9. The summed E-state index contributed by atoms with van der Waals surface area (Å²) in [7, 11) is 1.73. The highest BCUT2D eigenvalue weighted by Crippen LogP contribution is 2.29. The SMILES string of the molecule is CN=Cc1cccc(-c2ccc3c(n2)N(C(=O)Nc2cccc(OC[C@H](O)CO)n2)CCC3)c1. The number of urea groups is 1. The van der Waals surface area contributed by atoms with Crippen molar-refractivity contribution in [3.8, 4) is 17.1 Å². The number of aliphatic hydroxyl groups excluding tert-OH is 2. The van der Waals surface area contributed by atoms with Crippen LogP contribution in [0, 0.1) is 0 Å². The minimum absolute atomic E-state index is 0.0988. The number of aromatic nitrogens is 2. The summed E-state index contributed by atoms with van der Waals surface area (Å²) >= 11 is 0. The van der Waals surface area contributed by atoms with Gasteiger partial charge in [0.05, 0.1) is 12.3 Å². The number of hydrogen-bond donors (Lipinski definition) is 3. The fraction of sp³-hybridized carbons (Fsp3) is 0.280. The fourth-order valence-electron chi connectivity index (χ4n) is 3.70. The minimum atomic E-state index is -1.000. The lowest BCUT2D eigenvalue weighted by Gasteiger charge is -2.28. The number of hydrogen-bond acceptors (Lipinski definition) is 7. The second kappa shape index (κ2) is 10.9. The van der Waals surface area contributed by atoms with E-state index >= 15 is 0 Å². The Morgan fingerprint density at radius 3 is 2.91 bits per heavy atom. The van der Waals surface area contributed by atoms with Gasteiger partial charge < -0.3 is 14.9 Å². The predicted octanol–water partition coefficient (Wildman–Crippen LogP) is 2.91. The molecule has 3 heterocycles. The molecule has 0 saturated heterocycles. The number of fused-ring (bicyclic) bond motifs is 1. The van der Waals surface area contributed by atoms with Gasteiger partial charge >= 0.3 is 6.03 Å². The Morgan fingerprint density at radius 2 is 2.09 bits per heavy atom. The van der Waals surface area contributed by atoms with E-state index < -0.39 is 12.7 Å². The second-order valence-corrected chi connectivity index (χ2v) is 7.89. The third kappa shape index (κ3) is 5.56. The molecule has 0 bridgehead atoms. The van der Waals surface area contributed by atoms with E-state index in [1.807, 2.05) is 36.4 Å². The Labute approximate surface area is 197 Å². The third-order valence-corrected chi connectivity index (χ3v) is 5.34. The van der Waals surface area contributed by atoms with Crippen LogP contribution in [-0.2, 0) is 6.42 Å². The maximum Gasteiger partial charge on any atom is 0.328 e. The number of rotatable bonds is 7. The van der Waals surface area contributed by atoms with Gasteiger partial charge in [0.2, 0.25) is 5.88 Å². The number of benzene rings is 1. The molecule has 2 aromatic heterocycles. The number of aryl methyl sites for hydroxylation is 1. The zero-order valence-corrected chi connectivity index (χ0v) is 18.9. The number of ether oxygens (including phenoxy) is 1. The number of anilines is 2. The number of carbonyl (C=O) groups is 1. The van der Waals surface area contributed by atoms with Gasteiger partial charge in [0, 0.05) is 31.4 Å². The van der Waals surface area contributed by atoms with Crippen molar-refractivity contribution < 1.29 is 19.7 Å². The van der Waals surface area contributed by atoms with Crippen molar-refractivity contribution in [2.24, 2.45) is 4.99 Å². The molecule has 4 rings (SSSR count). The Bertz CT molecular complexity index is 1180. The van der Waals surface area contributed by atoms with Gasteiger partial charge in [0.15, 0.2) is 0 Å². The van der Waals surface area contributed by atoms with Crippen molar-refractivity contribution in [2.75, 3.05) is 37.0 Å². The van der Waals surface area contributed by atoms with Crippen LogP contribution >= 0.6 is 0 Å². The van der Waals surface area contributed by atoms with Crippen LogP contribution in [0.4, 0.5) is 16.4 Å². The number of aliphatic imine (C=N–C) groups is 1. The van der Waals surface area contributed by atoms with Gasteiger partial charge in [-0.1, -0.05) is 30.3 Å². The van der Waals surface area contributed by atoms with E-state index in [4.69, 9.17) is 14.8 Å². The molecule has 9 heteroatoms. The number of nitrogens with one attached hydrogen (secondary N) is 1. The predicted molar refractivity (Wildman–Crippen MR) is 131 cm³/mol. The molecule has 176 valence electrons. The molecular formula is C25H27N5O4. The first-order chi connectivity index (χ1) is 16.6. The molecule has 3 aromatic rings. The van der Waals surface area contributed by atoms with E-state index in [2.05, 4.69) is 15.3 Å². The minimum Gasteiger partial charge on any atom is -0.475 e. The first-order valence-corrected chi connectivity index (χ1v) is 11.1. The number of pyridine rings is 2. The van der Waals surface area contributed by atoms with E-state index in [0.717, 1.165) is 35.2 Å². The lowest BCUT2D eigenvalue weighted by atomic mass is 10.0. The lowest BCUT2D eigenvalue weighted by molar-refractivity contribution is 0.0521. The molecule has 0 radical (unpaired) electrons. The number of aliphatic hydroxyl groups is 2. The van der Waals surface area contributed by atoms with E-state index in [1.165, 1.54) is 0 Å². The standard InChI is InChI=1S/C25H27N5O4/c1-26-14-17-5-2-6-19(13-17)21-11-10-18-7-4-12-30(24(18)27-21)25(33)29-22-8-3-9-23(28-22)34-16-20(32)15-31/h2-3,5-6,8-11,13-14,20,31-32H,4,7,12,15-16H2,1H3,(H,28,29,33)/t20-/m1/s1. The van der Waals surface area contributed by atoms with Crippen molar-refractivity contribution in [1.29, 1.82) is 0 Å². The van der Waals surface area contributed by atoms with Crippen LogP contribution in [0.2, 0.25) is 0 Å². The summed E-state index contributed by atoms with van der Waals surface area (Å²) in [6.45, 7) is 0.0331. The van der Waals surface area contributed by atoms with Gasteiger partial charge in [-0.25, -0.2) is 9.78 Å². The maximum absolute atomic E-state index is 13.1. The molecule has 1 atom stereocenters. The first kappa shape index (κ1) is 23.3. The molecule has 2 amide bonds. The number of carbonyl (C=O) groups excluding carboxylic acids is 1. The molecule has 0 saturated carbocycles. The maximum atomic E-state index is 13.1. The topological polar surface area (TPSA) is 120 Å². The number of nitrogens with zero attached hydrogens (tertiary/aromatic N) is 4. The van der Waals surface area contributed by atoms with Gasteiger partial charge in [-0.2, -0.15) is 4.98 Å². The second-order valence-electron chi connectivity index (χ2n) is 7.89. The highest BCUT2D eigenvalue weighted by atomic mass is 16.5. The Hall–Kier alpha value is -3.82. The first-order valence-electron chi connectivity index (χ1n) is 11.1. The fourth-order valence-corrected chi connectivity index (χ4v) is 3.70. The molecule has 0 spiro atoms. The quantitative estimate of drug-likeness (QED) is 0.466. The van der Waals surface area contributed by atoms with Gasteiger partial charge in [-0.15, -0.1) is 0 Å². The van der Waals surface area contributed by atoms with Crippen LogP contribution in [0.1, 0.15) is 17.5 Å². The highest BCUT2D eigenvalue weighted by Gasteiger charge is 2.25. The molecule has 0 fully saturated rings. The van der Waals surface area contributed by atoms with Crippen molar-refractivity contribution in [3.63, 3.8) is 0 Å². The smallest absolute Gasteiger partial charge is 0.328 e. The van der Waals surface area contributed by atoms with Crippen LogP contribution < -0.4 is 15.0 Å². The van der Waals surface area contributed by atoms with E-state index in [9.17, 15) is 9.90 Å². The largest absolute Gasteiger partial charge is 0.475 e. The molecule has 9 nitrogen and oxygen atoms in total. The van der Waals surface area contributed by atoms with Crippen molar-refractivity contribution in [3.05, 3.63) is 65.7 Å². The Morgan fingerprint density at radius 1 is 1.24 bits per heavy atom. The third-order valence-electron chi connectivity index (χ3n) is 5.34. The molecule has 34 heavy (non-hydrogen) atoms. The van der Waals surface area contributed by atoms with Gasteiger partial charge in [-0.3, -0.25) is 15.2 Å². The Balaban J connectivity index is 1.54. The van der Waals surface area contributed by atoms with Crippen LogP contribution in [-0.4, -0.2) is 65.3 Å². The molecule has 3 N–H and O–H groups in total. The van der Waals surface area contributed by atoms with E-state index in [-0.39, 0.29) is 18.5 Å². The average Bonchev–Trinajstić information content (AvgIpc) is 2.87. The summed E-state index contributed by atoms with van der Waals surface area (Å²) in [5, 5.41) is 21.2. The summed E-state index contributed by atoms with van der Waals surface area (Å²) in [6.07, 6.45) is 2.47. The summed E-state index contributed by atoms with van der Waals surface area (Å²) in [5.74, 6) is 1.19. The monoisotopic (exact) mass is 461 g/mol. The zero-order chi connectivity index (χ0) is 23.9. The van der Waals surface area contributed by atoms with Crippen molar-refractivity contribution >= 4 is 23.9 Å². The molecule has 1 aliphatic rings.